The molecule has 110 valence electrons. The second-order valence-corrected chi connectivity index (χ2v) is 5.51. The summed E-state index contributed by atoms with van der Waals surface area (Å²) in [5, 5.41) is 0. The molecule has 0 amide bonds. The van der Waals surface area contributed by atoms with Crippen molar-refractivity contribution in [2.75, 3.05) is 6.61 Å². The predicted molar refractivity (Wildman–Crippen MR) is 85.9 cm³/mol. The van der Waals surface area contributed by atoms with Crippen LogP contribution in [-0.2, 0) is 0 Å². The zero-order chi connectivity index (χ0) is 14.5. The lowest BCUT2D eigenvalue weighted by Crippen LogP contribution is -2.10. The molecule has 0 spiro atoms. The minimum atomic E-state index is 0.403. The van der Waals surface area contributed by atoms with Gasteiger partial charge in [0.25, 0.3) is 0 Å². The molecular weight excluding hydrogens is 260 g/mol. The van der Waals surface area contributed by atoms with Crippen LogP contribution < -0.4 is 9.47 Å². The number of rotatable bonds is 5. The molecule has 1 aliphatic carbocycles. The molecule has 2 heteroatoms. The number of benzene rings is 2. The summed E-state index contributed by atoms with van der Waals surface area (Å²) < 4.78 is 11.6. The van der Waals surface area contributed by atoms with Crippen LogP contribution in [0, 0.1) is 0 Å². The molecule has 1 saturated carbocycles. The highest BCUT2D eigenvalue weighted by molar-refractivity contribution is 5.65. The van der Waals surface area contributed by atoms with Crippen molar-refractivity contribution in [3.05, 3.63) is 48.5 Å². The molecule has 21 heavy (non-hydrogen) atoms. The Labute approximate surface area is 126 Å². The largest absolute Gasteiger partial charge is 0.494 e. The Morgan fingerprint density at radius 3 is 2.38 bits per heavy atom. The fraction of sp³-hybridized carbons (Fsp3) is 0.368. The maximum Gasteiger partial charge on any atom is 0.120 e. The van der Waals surface area contributed by atoms with E-state index in [2.05, 4.69) is 36.4 Å². The van der Waals surface area contributed by atoms with Gasteiger partial charge in [-0.3, -0.25) is 0 Å². The third-order valence-corrected chi connectivity index (χ3v) is 3.94. The highest BCUT2D eigenvalue weighted by Gasteiger charge is 2.16. The van der Waals surface area contributed by atoms with E-state index in [-0.39, 0.29) is 0 Å². The highest BCUT2D eigenvalue weighted by atomic mass is 16.5. The molecule has 0 bridgehead atoms. The smallest absolute Gasteiger partial charge is 0.120 e. The van der Waals surface area contributed by atoms with Crippen molar-refractivity contribution in [3.8, 4) is 22.6 Å². The van der Waals surface area contributed by atoms with E-state index in [9.17, 15) is 0 Å². The van der Waals surface area contributed by atoms with Gasteiger partial charge in [0.1, 0.15) is 11.5 Å². The summed E-state index contributed by atoms with van der Waals surface area (Å²) in [5.41, 5.74) is 2.38. The molecule has 0 heterocycles. The molecule has 0 atom stereocenters. The van der Waals surface area contributed by atoms with Crippen LogP contribution in [-0.4, -0.2) is 12.7 Å². The Balaban J connectivity index is 1.75. The average molecular weight is 282 g/mol. The van der Waals surface area contributed by atoms with E-state index < -0.39 is 0 Å². The average Bonchev–Trinajstić information content (AvgIpc) is 3.02. The van der Waals surface area contributed by atoms with Crippen molar-refractivity contribution < 1.29 is 9.47 Å². The summed E-state index contributed by atoms with van der Waals surface area (Å²) in [5.74, 6) is 1.90. The Kier molecular flexibility index (Phi) is 4.44. The maximum absolute atomic E-state index is 6.08. The third-order valence-electron chi connectivity index (χ3n) is 3.94. The van der Waals surface area contributed by atoms with Gasteiger partial charge in [-0.15, -0.1) is 0 Å². The topological polar surface area (TPSA) is 18.5 Å². The summed E-state index contributed by atoms with van der Waals surface area (Å²) in [6.45, 7) is 2.70. The molecule has 0 saturated heterocycles. The molecule has 1 aliphatic rings. The van der Waals surface area contributed by atoms with E-state index in [1.165, 1.54) is 36.8 Å². The summed E-state index contributed by atoms with van der Waals surface area (Å²) >= 11 is 0. The number of hydrogen-bond donors (Lipinski definition) is 0. The first-order chi connectivity index (χ1) is 10.3. The normalized spacial score (nSPS) is 15.1. The maximum atomic E-state index is 6.08. The Bertz CT molecular complexity index is 568. The van der Waals surface area contributed by atoms with Gasteiger partial charge < -0.3 is 9.47 Å². The third kappa shape index (κ3) is 3.57. The summed E-state index contributed by atoms with van der Waals surface area (Å²) in [6, 6.07) is 16.6. The molecule has 2 nitrogen and oxygen atoms in total. The van der Waals surface area contributed by atoms with E-state index in [1.807, 2.05) is 19.1 Å². The quantitative estimate of drug-likeness (QED) is 0.762. The monoisotopic (exact) mass is 282 g/mol. The highest BCUT2D eigenvalue weighted by Crippen LogP contribution is 2.28. The minimum Gasteiger partial charge on any atom is -0.494 e. The molecular formula is C19H22O2. The zero-order valence-electron chi connectivity index (χ0n) is 12.5. The van der Waals surface area contributed by atoms with Crippen molar-refractivity contribution in [1.29, 1.82) is 0 Å². The summed E-state index contributed by atoms with van der Waals surface area (Å²) in [4.78, 5) is 0. The van der Waals surface area contributed by atoms with Crippen molar-refractivity contribution in [3.63, 3.8) is 0 Å². The van der Waals surface area contributed by atoms with Gasteiger partial charge in [-0.25, -0.2) is 0 Å². The van der Waals surface area contributed by atoms with E-state index in [0.29, 0.717) is 12.7 Å². The first kappa shape index (κ1) is 14.0. The molecule has 0 N–H and O–H groups in total. The van der Waals surface area contributed by atoms with Gasteiger partial charge in [-0.05, 0) is 68.0 Å². The van der Waals surface area contributed by atoms with Crippen LogP contribution in [0.3, 0.4) is 0 Å². The summed E-state index contributed by atoms with van der Waals surface area (Å²) in [6.07, 6.45) is 5.37. The standard InChI is InChI=1S/C19H22O2/c1-2-20-17-12-10-15(11-13-17)16-6-5-9-19(14-16)21-18-7-3-4-8-18/h5-6,9-14,18H,2-4,7-8H2,1H3. The number of hydrogen-bond acceptors (Lipinski definition) is 2. The molecule has 3 rings (SSSR count). The predicted octanol–water partition coefficient (Wildman–Crippen LogP) is 5.07. The van der Waals surface area contributed by atoms with Crippen molar-refractivity contribution in [1.82, 2.24) is 0 Å². The Morgan fingerprint density at radius 2 is 1.67 bits per heavy atom. The second-order valence-electron chi connectivity index (χ2n) is 5.51. The minimum absolute atomic E-state index is 0.403. The van der Waals surface area contributed by atoms with Gasteiger partial charge >= 0.3 is 0 Å². The van der Waals surface area contributed by atoms with Gasteiger partial charge in [0.05, 0.1) is 12.7 Å². The zero-order valence-corrected chi connectivity index (χ0v) is 12.5. The van der Waals surface area contributed by atoms with Crippen LogP contribution in [0.15, 0.2) is 48.5 Å². The van der Waals surface area contributed by atoms with Crippen LogP contribution in [0.2, 0.25) is 0 Å². The van der Waals surface area contributed by atoms with Crippen LogP contribution in [0.5, 0.6) is 11.5 Å². The van der Waals surface area contributed by atoms with E-state index in [0.717, 1.165) is 11.5 Å². The molecule has 0 radical (unpaired) electrons. The number of ether oxygens (including phenoxy) is 2. The second kappa shape index (κ2) is 6.66. The fourth-order valence-electron chi connectivity index (χ4n) is 2.86. The molecule has 0 aliphatic heterocycles. The molecule has 1 fully saturated rings. The van der Waals surface area contributed by atoms with Gasteiger partial charge in [0, 0.05) is 0 Å². The van der Waals surface area contributed by atoms with Crippen LogP contribution >= 0.6 is 0 Å². The molecule has 0 aromatic heterocycles. The van der Waals surface area contributed by atoms with Gasteiger partial charge in [0.15, 0.2) is 0 Å². The molecule has 2 aromatic carbocycles. The molecule has 0 unspecified atom stereocenters. The lowest BCUT2D eigenvalue weighted by Gasteiger charge is -2.14. The van der Waals surface area contributed by atoms with Crippen molar-refractivity contribution >= 4 is 0 Å². The summed E-state index contributed by atoms with van der Waals surface area (Å²) in [7, 11) is 0. The Hall–Kier alpha value is -1.96. The van der Waals surface area contributed by atoms with E-state index in [1.54, 1.807) is 0 Å². The van der Waals surface area contributed by atoms with Crippen LogP contribution in [0.1, 0.15) is 32.6 Å². The van der Waals surface area contributed by atoms with Crippen LogP contribution in [0.4, 0.5) is 0 Å². The Morgan fingerprint density at radius 1 is 0.905 bits per heavy atom. The van der Waals surface area contributed by atoms with E-state index in [4.69, 9.17) is 9.47 Å². The first-order valence-corrected chi connectivity index (χ1v) is 7.85. The van der Waals surface area contributed by atoms with E-state index >= 15 is 0 Å². The van der Waals surface area contributed by atoms with Crippen molar-refractivity contribution in [2.45, 2.75) is 38.7 Å². The first-order valence-electron chi connectivity index (χ1n) is 7.85. The van der Waals surface area contributed by atoms with Crippen molar-refractivity contribution in [2.24, 2.45) is 0 Å². The van der Waals surface area contributed by atoms with Gasteiger partial charge in [-0.2, -0.15) is 0 Å². The molecule has 2 aromatic rings. The van der Waals surface area contributed by atoms with Crippen LogP contribution in [0.25, 0.3) is 11.1 Å². The van der Waals surface area contributed by atoms with Gasteiger partial charge in [0.2, 0.25) is 0 Å². The lowest BCUT2D eigenvalue weighted by atomic mass is 10.1. The lowest BCUT2D eigenvalue weighted by molar-refractivity contribution is 0.210. The van der Waals surface area contributed by atoms with Gasteiger partial charge in [-0.1, -0.05) is 24.3 Å². The SMILES string of the molecule is CCOc1ccc(-c2cccc(OC3CCCC3)c2)cc1. The fourth-order valence-corrected chi connectivity index (χ4v) is 2.86.